The molecule has 1 N–H and O–H groups in total. The van der Waals surface area contributed by atoms with Gasteiger partial charge in [0, 0.05) is 13.1 Å². The van der Waals surface area contributed by atoms with E-state index < -0.39 is 46.9 Å². The molecule has 1 aromatic rings. The minimum Gasteiger partial charge on any atom is -0.461 e. The number of carbonyl (C=O) groups is 3. The second-order valence-corrected chi connectivity index (χ2v) is 9.97. The molecule has 0 aliphatic carbocycles. The SMILES string of the molecule is C=CCOC(=O)[C@@H]1[C@H]2C(=O)N(CCO)C(C(=O)N(CC=C)c3ccccc3Cl)C23CC(C)[C@@]1(C)O3. The summed E-state index contributed by atoms with van der Waals surface area (Å²) < 4.78 is 12.0. The van der Waals surface area contributed by atoms with Crippen molar-refractivity contribution in [3.05, 3.63) is 54.6 Å². The first kappa shape index (κ1) is 25.4. The summed E-state index contributed by atoms with van der Waals surface area (Å²) in [5.74, 6) is -3.26. The maximum Gasteiger partial charge on any atom is 0.313 e. The number of benzene rings is 1. The van der Waals surface area contributed by atoms with Crippen LogP contribution in [-0.4, -0.2) is 71.3 Å². The van der Waals surface area contributed by atoms with E-state index >= 15 is 0 Å². The van der Waals surface area contributed by atoms with E-state index in [4.69, 9.17) is 21.1 Å². The molecule has 4 rings (SSSR count). The first-order valence-electron chi connectivity index (χ1n) is 11.7. The Morgan fingerprint density at radius 1 is 1.34 bits per heavy atom. The van der Waals surface area contributed by atoms with Crippen molar-refractivity contribution in [2.75, 3.05) is 31.2 Å². The van der Waals surface area contributed by atoms with E-state index in [2.05, 4.69) is 13.2 Å². The second-order valence-electron chi connectivity index (χ2n) is 9.57. The quantitative estimate of drug-likeness (QED) is 0.412. The molecule has 9 heteroatoms. The fraction of sp³-hybridized carbons (Fsp3) is 0.500. The number of para-hydroxylation sites is 1. The normalized spacial score (nSPS) is 32.9. The van der Waals surface area contributed by atoms with Gasteiger partial charge in [0.1, 0.15) is 24.2 Å². The summed E-state index contributed by atoms with van der Waals surface area (Å²) in [6, 6.07) is 5.88. The third-order valence-corrected chi connectivity index (χ3v) is 8.03. The van der Waals surface area contributed by atoms with Crippen LogP contribution in [0.4, 0.5) is 5.69 Å². The summed E-state index contributed by atoms with van der Waals surface area (Å²) in [4.78, 5) is 44.0. The number of nitrogens with zero attached hydrogens (tertiary/aromatic N) is 2. The van der Waals surface area contributed by atoms with Gasteiger partial charge in [0.2, 0.25) is 5.91 Å². The maximum atomic E-state index is 14.2. The van der Waals surface area contributed by atoms with E-state index in [9.17, 15) is 19.5 Å². The monoisotopic (exact) mass is 502 g/mol. The third-order valence-electron chi connectivity index (χ3n) is 7.71. The molecule has 1 spiro atoms. The number of likely N-dealkylation sites (tertiary alicyclic amines) is 1. The lowest BCUT2D eigenvalue weighted by Gasteiger charge is -2.37. The highest BCUT2D eigenvalue weighted by Gasteiger charge is 2.80. The topological polar surface area (TPSA) is 96.4 Å². The number of amides is 2. The lowest BCUT2D eigenvalue weighted by molar-refractivity contribution is -0.160. The number of carbonyl (C=O) groups excluding carboxylic acids is 3. The summed E-state index contributed by atoms with van der Waals surface area (Å²) in [6.07, 6.45) is 3.45. The lowest BCUT2D eigenvalue weighted by Crippen LogP contribution is -2.57. The number of rotatable bonds is 9. The zero-order valence-electron chi connectivity index (χ0n) is 20.0. The fourth-order valence-corrected chi connectivity index (χ4v) is 6.45. The number of aliphatic hydroxyl groups excluding tert-OH is 1. The average molecular weight is 503 g/mol. The molecule has 3 aliphatic heterocycles. The molecule has 2 bridgehead atoms. The van der Waals surface area contributed by atoms with Crippen LogP contribution in [0.15, 0.2) is 49.6 Å². The number of fused-ring (bicyclic) bond motifs is 1. The number of aliphatic hydroxyl groups is 1. The molecule has 3 fully saturated rings. The smallest absolute Gasteiger partial charge is 0.313 e. The maximum absolute atomic E-state index is 14.2. The van der Waals surface area contributed by atoms with Gasteiger partial charge in [-0.15, -0.1) is 6.58 Å². The van der Waals surface area contributed by atoms with Crippen LogP contribution in [0.2, 0.25) is 5.02 Å². The van der Waals surface area contributed by atoms with Gasteiger partial charge in [0.25, 0.3) is 5.91 Å². The molecule has 3 heterocycles. The summed E-state index contributed by atoms with van der Waals surface area (Å²) in [7, 11) is 0. The van der Waals surface area contributed by atoms with E-state index in [1.54, 1.807) is 30.3 Å². The summed E-state index contributed by atoms with van der Waals surface area (Å²) >= 11 is 6.43. The van der Waals surface area contributed by atoms with Crippen LogP contribution in [0.3, 0.4) is 0 Å². The van der Waals surface area contributed by atoms with Crippen LogP contribution in [0.25, 0.3) is 0 Å². The molecule has 1 aromatic carbocycles. The van der Waals surface area contributed by atoms with Gasteiger partial charge in [-0.2, -0.15) is 0 Å². The molecule has 35 heavy (non-hydrogen) atoms. The fourth-order valence-electron chi connectivity index (χ4n) is 6.21. The highest BCUT2D eigenvalue weighted by atomic mass is 35.5. The van der Waals surface area contributed by atoms with Gasteiger partial charge in [0.05, 0.1) is 28.8 Å². The number of esters is 1. The summed E-state index contributed by atoms with van der Waals surface area (Å²) in [5.41, 5.74) is -1.74. The molecule has 188 valence electrons. The van der Waals surface area contributed by atoms with Crippen molar-refractivity contribution in [1.82, 2.24) is 4.90 Å². The highest BCUT2D eigenvalue weighted by molar-refractivity contribution is 6.34. The predicted octanol–water partition coefficient (Wildman–Crippen LogP) is 2.59. The summed E-state index contributed by atoms with van der Waals surface area (Å²) in [6.45, 7) is 10.9. The van der Waals surface area contributed by atoms with Crippen LogP contribution in [-0.2, 0) is 23.9 Å². The van der Waals surface area contributed by atoms with Gasteiger partial charge in [-0.1, -0.05) is 49.4 Å². The Balaban J connectivity index is 1.82. The van der Waals surface area contributed by atoms with Crippen molar-refractivity contribution in [3.8, 4) is 0 Å². The van der Waals surface area contributed by atoms with E-state index in [1.807, 2.05) is 13.8 Å². The van der Waals surface area contributed by atoms with Gasteiger partial charge in [-0.3, -0.25) is 14.4 Å². The van der Waals surface area contributed by atoms with Crippen LogP contribution >= 0.6 is 11.6 Å². The van der Waals surface area contributed by atoms with Gasteiger partial charge < -0.3 is 24.4 Å². The minimum atomic E-state index is -1.24. The molecule has 8 nitrogen and oxygen atoms in total. The number of ether oxygens (including phenoxy) is 2. The molecule has 0 radical (unpaired) electrons. The molecule has 3 unspecified atom stereocenters. The highest BCUT2D eigenvalue weighted by Crippen LogP contribution is 2.65. The Bertz CT molecular complexity index is 1060. The zero-order chi connectivity index (χ0) is 25.5. The summed E-state index contributed by atoms with van der Waals surface area (Å²) in [5, 5.41) is 10.1. The van der Waals surface area contributed by atoms with Crippen molar-refractivity contribution in [1.29, 1.82) is 0 Å². The van der Waals surface area contributed by atoms with Crippen LogP contribution in [0.5, 0.6) is 0 Å². The molecule has 3 aliphatic rings. The third kappa shape index (κ3) is 3.70. The van der Waals surface area contributed by atoms with Crippen molar-refractivity contribution >= 4 is 35.1 Å². The van der Waals surface area contributed by atoms with Gasteiger partial charge in [0.15, 0.2) is 0 Å². The van der Waals surface area contributed by atoms with E-state index in [0.29, 0.717) is 17.1 Å². The van der Waals surface area contributed by atoms with E-state index in [-0.39, 0.29) is 32.2 Å². The molecule has 2 amide bonds. The van der Waals surface area contributed by atoms with Crippen molar-refractivity contribution in [3.63, 3.8) is 0 Å². The largest absolute Gasteiger partial charge is 0.461 e. The standard InChI is InChI=1S/C26H31ClN2O6/c1-5-11-28(18-10-8-7-9-17(18)27)23(32)21-26-15-16(3)25(4,35-26)20(24(33)34-14-6-2)19(26)22(31)29(21)12-13-30/h5-10,16,19-21,30H,1-2,11-15H2,3-4H3/t16?,19-,20-,21?,25+,26?/m0/s1. The van der Waals surface area contributed by atoms with Crippen LogP contribution in [0, 0.1) is 17.8 Å². The Kier molecular flexibility index (Phi) is 6.83. The zero-order valence-corrected chi connectivity index (χ0v) is 20.7. The van der Waals surface area contributed by atoms with Gasteiger partial charge >= 0.3 is 5.97 Å². The van der Waals surface area contributed by atoms with E-state index in [1.165, 1.54) is 15.9 Å². The number of anilines is 1. The lowest BCUT2D eigenvalue weighted by atomic mass is 9.62. The van der Waals surface area contributed by atoms with Crippen LogP contribution < -0.4 is 4.90 Å². The molecule has 0 aromatic heterocycles. The first-order valence-corrected chi connectivity index (χ1v) is 12.1. The second kappa shape index (κ2) is 9.41. The van der Waals surface area contributed by atoms with Crippen molar-refractivity contribution < 1.29 is 29.0 Å². The molecule has 3 saturated heterocycles. The van der Waals surface area contributed by atoms with Crippen molar-refractivity contribution in [2.24, 2.45) is 17.8 Å². The van der Waals surface area contributed by atoms with Gasteiger partial charge in [-0.05, 0) is 31.4 Å². The Hall–Kier alpha value is -2.68. The first-order chi connectivity index (χ1) is 16.7. The van der Waals surface area contributed by atoms with Gasteiger partial charge in [-0.25, -0.2) is 0 Å². The predicted molar refractivity (Wildman–Crippen MR) is 131 cm³/mol. The van der Waals surface area contributed by atoms with E-state index in [0.717, 1.165) is 0 Å². The number of halogens is 1. The van der Waals surface area contributed by atoms with Crippen molar-refractivity contribution in [2.45, 2.75) is 37.5 Å². The average Bonchev–Trinajstić information content (AvgIpc) is 3.33. The Labute approximate surface area is 210 Å². The molecule has 0 saturated carbocycles. The number of β-amino-alcohol motifs (C(OH)–C–C–N with tert-alkyl or cyclic N) is 1. The molecular formula is C26H31ClN2O6. The molecule has 6 atom stereocenters. The Morgan fingerprint density at radius 3 is 2.69 bits per heavy atom. The number of hydrogen-bond donors (Lipinski definition) is 1. The molecular weight excluding hydrogens is 472 g/mol. The number of hydrogen-bond acceptors (Lipinski definition) is 6. The van der Waals surface area contributed by atoms with Crippen LogP contribution in [0.1, 0.15) is 20.3 Å². The minimum absolute atomic E-state index is 0.00996. The Morgan fingerprint density at radius 2 is 2.06 bits per heavy atom.